The second-order valence-electron chi connectivity index (χ2n) is 12.1. The zero-order valence-electron chi connectivity index (χ0n) is 29.2. The van der Waals surface area contributed by atoms with Gasteiger partial charge >= 0.3 is 0 Å². The Kier molecular flexibility index (Phi) is 14.0. The molecule has 0 aromatic heterocycles. The Morgan fingerprint density at radius 1 is 0.837 bits per heavy atom. The maximum absolute atomic E-state index is 14.0. The monoisotopic (exact) mass is 683 g/mol. The van der Waals surface area contributed by atoms with Gasteiger partial charge in [-0.2, -0.15) is 0 Å². The molecule has 0 fully saturated rings. The molecule has 8 nitrogen and oxygen atoms in total. The fourth-order valence-corrected chi connectivity index (χ4v) is 7.30. The lowest BCUT2D eigenvalue weighted by Crippen LogP contribution is -2.47. The van der Waals surface area contributed by atoms with E-state index >= 15 is 0 Å². The number of hydrogen-bond donors (Lipinski definition) is 2. The Labute approximate surface area is 295 Å². The maximum Gasteiger partial charge on any atom is 0.240 e. The molecule has 9 heteroatoms. The highest BCUT2D eigenvalue weighted by molar-refractivity contribution is 8.00. The van der Waals surface area contributed by atoms with Crippen LogP contribution in [-0.2, 0) is 20.9 Å². The Morgan fingerprint density at radius 3 is 1.76 bits per heavy atom. The average molecular weight is 684 g/mol. The minimum Gasteiger partial charge on any atom is -0.496 e. The predicted octanol–water partition coefficient (Wildman–Crippen LogP) is 6.65. The van der Waals surface area contributed by atoms with Crippen molar-refractivity contribution in [3.63, 3.8) is 0 Å². The van der Waals surface area contributed by atoms with Crippen LogP contribution in [0.1, 0.15) is 48.9 Å². The third kappa shape index (κ3) is 9.37. The molecule has 0 unspecified atom stereocenters. The Balaban J connectivity index is 1.67. The third-order valence-corrected chi connectivity index (χ3v) is 10.1. The Morgan fingerprint density at radius 2 is 1.33 bits per heavy atom. The summed E-state index contributed by atoms with van der Waals surface area (Å²) in [5.74, 6) is 2.03. The number of thioether (sulfide) groups is 1. The molecular weight excluding hydrogens is 635 g/mol. The Bertz CT molecular complexity index is 1500. The topological polar surface area (TPSA) is 103 Å². The number of carbonyl (C=O) groups excluding carboxylic acids is 2. The van der Waals surface area contributed by atoms with Crippen molar-refractivity contribution >= 4 is 23.6 Å². The van der Waals surface area contributed by atoms with Gasteiger partial charge in [0.25, 0.3) is 0 Å². The summed E-state index contributed by atoms with van der Waals surface area (Å²) in [5, 5.41) is 2.62. The van der Waals surface area contributed by atoms with Crippen molar-refractivity contribution in [3.8, 4) is 17.2 Å². The minimum atomic E-state index is -0.674. The molecule has 4 rings (SSSR count). The molecule has 1 atom stereocenters. The van der Waals surface area contributed by atoms with Gasteiger partial charge in [-0.3, -0.25) is 9.59 Å². The molecule has 0 spiro atoms. The number of nitrogens with one attached hydrogen (secondary N) is 1. The van der Waals surface area contributed by atoms with Crippen LogP contribution in [0.15, 0.2) is 103 Å². The van der Waals surface area contributed by atoms with E-state index in [0.717, 1.165) is 22.3 Å². The molecule has 0 saturated heterocycles. The van der Waals surface area contributed by atoms with Crippen LogP contribution in [0.4, 0.5) is 0 Å². The van der Waals surface area contributed by atoms with Gasteiger partial charge in [0.05, 0.1) is 43.7 Å². The summed E-state index contributed by atoms with van der Waals surface area (Å²) in [6.45, 7) is 4.94. The minimum absolute atomic E-state index is 0.0369. The molecule has 0 heterocycles. The number of ether oxygens (including phenoxy) is 3. The van der Waals surface area contributed by atoms with Crippen LogP contribution in [0.25, 0.3) is 0 Å². The highest BCUT2D eigenvalue weighted by Crippen LogP contribution is 2.48. The predicted molar refractivity (Wildman–Crippen MR) is 198 cm³/mol. The normalized spacial score (nSPS) is 11.9. The fourth-order valence-electron chi connectivity index (χ4n) is 5.78. The van der Waals surface area contributed by atoms with E-state index in [-0.39, 0.29) is 24.3 Å². The van der Waals surface area contributed by atoms with E-state index in [1.165, 1.54) is 0 Å². The van der Waals surface area contributed by atoms with E-state index in [4.69, 9.17) is 19.9 Å². The second-order valence-corrected chi connectivity index (χ2v) is 13.4. The third-order valence-electron chi connectivity index (χ3n) is 8.56. The molecule has 49 heavy (non-hydrogen) atoms. The maximum atomic E-state index is 14.0. The van der Waals surface area contributed by atoms with Gasteiger partial charge in [-0.25, -0.2) is 0 Å². The molecule has 3 N–H and O–H groups in total. The number of nitrogens with zero attached hydrogens (tertiary/aromatic N) is 1. The molecule has 4 aromatic rings. The van der Waals surface area contributed by atoms with Gasteiger partial charge in [-0.05, 0) is 29.0 Å². The van der Waals surface area contributed by atoms with Gasteiger partial charge in [-0.1, -0.05) is 105 Å². The van der Waals surface area contributed by atoms with E-state index in [1.54, 1.807) is 45.2 Å². The number of carbonyl (C=O) groups is 2. The first-order valence-corrected chi connectivity index (χ1v) is 17.7. The number of amides is 2. The summed E-state index contributed by atoms with van der Waals surface area (Å²) in [4.78, 5) is 27.5. The van der Waals surface area contributed by atoms with Crippen molar-refractivity contribution in [2.45, 2.75) is 44.0 Å². The first-order chi connectivity index (χ1) is 23.7. The van der Waals surface area contributed by atoms with Crippen molar-refractivity contribution in [2.24, 2.45) is 11.7 Å². The highest BCUT2D eigenvalue weighted by Gasteiger charge is 2.37. The molecule has 0 aliphatic carbocycles. The van der Waals surface area contributed by atoms with Gasteiger partial charge in [0, 0.05) is 37.9 Å². The molecule has 0 radical (unpaired) electrons. The summed E-state index contributed by atoms with van der Waals surface area (Å²) >= 11 is 1.80. The van der Waals surface area contributed by atoms with E-state index in [2.05, 4.69) is 78.1 Å². The Hall–Kier alpha value is -4.47. The van der Waals surface area contributed by atoms with Crippen LogP contribution in [0.3, 0.4) is 0 Å². The number of rotatable bonds is 18. The van der Waals surface area contributed by atoms with Crippen LogP contribution in [0.2, 0.25) is 0 Å². The first kappa shape index (κ1) is 37.4. The average Bonchev–Trinajstić information content (AvgIpc) is 3.15. The highest BCUT2D eigenvalue weighted by atomic mass is 32.2. The van der Waals surface area contributed by atoms with E-state index in [0.29, 0.717) is 49.0 Å². The largest absolute Gasteiger partial charge is 0.496 e. The molecule has 2 amide bonds. The number of hydrogen-bond acceptors (Lipinski definition) is 7. The van der Waals surface area contributed by atoms with Crippen LogP contribution in [0.5, 0.6) is 17.2 Å². The summed E-state index contributed by atoms with van der Waals surface area (Å²) < 4.78 is 17.0. The molecule has 0 aliphatic heterocycles. The van der Waals surface area contributed by atoms with Crippen molar-refractivity contribution in [2.75, 3.05) is 40.2 Å². The van der Waals surface area contributed by atoms with Crippen molar-refractivity contribution in [3.05, 3.63) is 125 Å². The zero-order valence-corrected chi connectivity index (χ0v) is 30.0. The second kappa shape index (κ2) is 18.3. The summed E-state index contributed by atoms with van der Waals surface area (Å²) in [6, 6.07) is 34.5. The van der Waals surface area contributed by atoms with Gasteiger partial charge in [0.1, 0.15) is 17.2 Å². The lowest BCUT2D eigenvalue weighted by atomic mass is 9.84. The lowest BCUT2D eigenvalue weighted by molar-refractivity contribution is -0.134. The smallest absolute Gasteiger partial charge is 0.240 e. The van der Waals surface area contributed by atoms with Crippen LogP contribution in [0, 0.1) is 5.92 Å². The van der Waals surface area contributed by atoms with Crippen molar-refractivity contribution in [1.29, 1.82) is 0 Å². The lowest BCUT2D eigenvalue weighted by Gasteiger charge is -2.36. The summed E-state index contributed by atoms with van der Waals surface area (Å²) in [5.41, 5.74) is 10.7. The number of nitrogens with two attached hydrogens (primary N) is 1. The van der Waals surface area contributed by atoms with Gasteiger partial charge in [0.2, 0.25) is 11.8 Å². The van der Waals surface area contributed by atoms with Crippen LogP contribution < -0.4 is 25.3 Å². The zero-order chi connectivity index (χ0) is 35.2. The summed E-state index contributed by atoms with van der Waals surface area (Å²) in [6.07, 6.45) is 0.934. The van der Waals surface area contributed by atoms with E-state index < -0.39 is 10.8 Å². The van der Waals surface area contributed by atoms with Crippen LogP contribution >= 0.6 is 11.8 Å². The number of benzene rings is 4. The van der Waals surface area contributed by atoms with Gasteiger partial charge < -0.3 is 30.2 Å². The molecule has 0 bridgehead atoms. The molecular formula is C40H49N3O5S. The van der Waals surface area contributed by atoms with Gasteiger partial charge in [0.15, 0.2) is 0 Å². The van der Waals surface area contributed by atoms with Gasteiger partial charge in [-0.15, -0.1) is 11.8 Å². The number of methoxy groups -OCH3 is 2. The van der Waals surface area contributed by atoms with E-state index in [1.807, 2.05) is 36.9 Å². The molecule has 0 saturated carbocycles. The fraction of sp³-hybridized carbons (Fsp3) is 0.350. The SMILES string of the molecule is CNC(=O)CCCOc1cc(OC)c(CN(CCSC(c2ccccc2)(c2ccccc2)c2ccccc2)C(=O)[C@H](N)C(C)C)c(OC)c1. The standard InChI is InChI=1S/C40H49N3O5S/c1-29(2)38(41)39(45)43(28-34-35(46-4)26-33(27-36(34)47-5)48-24-15-22-37(44)42-3)23-25-49-40(30-16-9-6-10-17-30,31-18-11-7-12-19-31)32-20-13-8-14-21-32/h6-14,16-21,26-27,29,38H,15,22-25,28,41H2,1-5H3,(H,42,44)/t38-/m1/s1. The first-order valence-electron chi connectivity index (χ1n) is 16.7. The molecule has 4 aromatic carbocycles. The van der Waals surface area contributed by atoms with Crippen molar-refractivity contribution < 1.29 is 23.8 Å². The van der Waals surface area contributed by atoms with E-state index in [9.17, 15) is 9.59 Å². The molecule has 260 valence electrons. The van der Waals surface area contributed by atoms with Crippen molar-refractivity contribution in [1.82, 2.24) is 10.2 Å². The molecule has 0 aliphatic rings. The summed E-state index contributed by atoms with van der Waals surface area (Å²) in [7, 11) is 4.79. The quantitative estimate of drug-likeness (QED) is 0.0895. The van der Waals surface area contributed by atoms with Crippen LogP contribution in [-0.4, -0.2) is 62.9 Å².